The molecule has 0 aliphatic rings. The molecule has 0 aromatic carbocycles. The standard InChI is InChI=1S/C16H34O2/c1-5-8-10-15(7-3)12-16(11-9-6-2)18-13-14(4)17/h14-17H,5-13H2,1-4H3. The Balaban J connectivity index is 4.07. The van der Waals surface area contributed by atoms with Gasteiger partial charge in [0.1, 0.15) is 0 Å². The Hall–Kier alpha value is -0.0800. The van der Waals surface area contributed by atoms with E-state index < -0.39 is 0 Å². The number of rotatable bonds is 12. The van der Waals surface area contributed by atoms with E-state index in [1.165, 1.54) is 44.9 Å². The number of ether oxygens (including phenoxy) is 1. The summed E-state index contributed by atoms with van der Waals surface area (Å²) in [6.07, 6.45) is 9.96. The van der Waals surface area contributed by atoms with Gasteiger partial charge in [-0.2, -0.15) is 0 Å². The zero-order chi connectivity index (χ0) is 13.8. The predicted octanol–water partition coefficient (Wildman–Crippen LogP) is 4.55. The van der Waals surface area contributed by atoms with Gasteiger partial charge in [0.2, 0.25) is 0 Å². The molecule has 2 heteroatoms. The van der Waals surface area contributed by atoms with Gasteiger partial charge in [-0.1, -0.05) is 59.3 Å². The molecule has 0 aliphatic heterocycles. The molecular formula is C16H34O2. The molecule has 0 saturated carbocycles. The van der Waals surface area contributed by atoms with Crippen molar-refractivity contribution in [3.05, 3.63) is 0 Å². The van der Waals surface area contributed by atoms with E-state index in [9.17, 15) is 5.11 Å². The minimum absolute atomic E-state index is 0.343. The monoisotopic (exact) mass is 258 g/mol. The summed E-state index contributed by atoms with van der Waals surface area (Å²) in [5.74, 6) is 0.792. The van der Waals surface area contributed by atoms with Crippen LogP contribution in [0.25, 0.3) is 0 Å². The van der Waals surface area contributed by atoms with Crippen molar-refractivity contribution in [2.24, 2.45) is 5.92 Å². The molecule has 0 aliphatic carbocycles. The van der Waals surface area contributed by atoms with Crippen LogP contribution in [0.1, 0.15) is 79.1 Å². The van der Waals surface area contributed by atoms with Gasteiger partial charge in [0.15, 0.2) is 0 Å². The maximum atomic E-state index is 9.33. The van der Waals surface area contributed by atoms with Crippen LogP contribution in [0.3, 0.4) is 0 Å². The lowest BCUT2D eigenvalue weighted by Gasteiger charge is -2.24. The Morgan fingerprint density at radius 3 is 2.11 bits per heavy atom. The average molecular weight is 258 g/mol. The highest BCUT2D eigenvalue weighted by Gasteiger charge is 2.16. The lowest BCUT2D eigenvalue weighted by atomic mass is 9.91. The second kappa shape index (κ2) is 12.0. The van der Waals surface area contributed by atoms with E-state index in [-0.39, 0.29) is 6.10 Å². The summed E-state index contributed by atoms with van der Waals surface area (Å²) in [6, 6.07) is 0. The smallest absolute Gasteiger partial charge is 0.0745 e. The van der Waals surface area contributed by atoms with Crippen LogP contribution in [0.15, 0.2) is 0 Å². The molecule has 0 fully saturated rings. The first-order valence-corrected chi connectivity index (χ1v) is 7.93. The first-order valence-electron chi connectivity index (χ1n) is 7.93. The molecule has 0 aromatic heterocycles. The van der Waals surface area contributed by atoms with E-state index in [4.69, 9.17) is 4.74 Å². The predicted molar refractivity (Wildman–Crippen MR) is 78.9 cm³/mol. The van der Waals surface area contributed by atoms with Crippen molar-refractivity contribution in [1.82, 2.24) is 0 Å². The number of aliphatic hydroxyl groups excluding tert-OH is 1. The summed E-state index contributed by atoms with van der Waals surface area (Å²) in [4.78, 5) is 0. The van der Waals surface area contributed by atoms with Gasteiger partial charge in [-0.15, -0.1) is 0 Å². The van der Waals surface area contributed by atoms with E-state index in [1.54, 1.807) is 6.92 Å². The molecule has 0 bridgehead atoms. The van der Waals surface area contributed by atoms with E-state index in [0.29, 0.717) is 12.7 Å². The highest BCUT2D eigenvalue weighted by Crippen LogP contribution is 2.22. The average Bonchev–Trinajstić information content (AvgIpc) is 2.36. The first-order chi connectivity index (χ1) is 8.63. The molecule has 3 unspecified atom stereocenters. The number of unbranched alkanes of at least 4 members (excludes halogenated alkanes) is 2. The normalized spacial score (nSPS) is 16.5. The Bertz CT molecular complexity index is 168. The summed E-state index contributed by atoms with van der Waals surface area (Å²) in [6.45, 7) is 9.04. The number of hydrogen-bond acceptors (Lipinski definition) is 2. The van der Waals surface area contributed by atoms with Crippen LogP contribution in [0.4, 0.5) is 0 Å². The van der Waals surface area contributed by atoms with E-state index >= 15 is 0 Å². The summed E-state index contributed by atoms with van der Waals surface area (Å²) >= 11 is 0. The minimum Gasteiger partial charge on any atom is -0.391 e. The van der Waals surface area contributed by atoms with Gasteiger partial charge in [0.05, 0.1) is 18.8 Å². The van der Waals surface area contributed by atoms with Crippen LogP contribution >= 0.6 is 0 Å². The van der Waals surface area contributed by atoms with Gasteiger partial charge in [0.25, 0.3) is 0 Å². The third-order valence-electron chi connectivity index (χ3n) is 3.59. The highest BCUT2D eigenvalue weighted by atomic mass is 16.5. The van der Waals surface area contributed by atoms with Crippen molar-refractivity contribution < 1.29 is 9.84 Å². The molecule has 0 saturated heterocycles. The summed E-state index contributed by atoms with van der Waals surface area (Å²) in [5.41, 5.74) is 0. The summed E-state index contributed by atoms with van der Waals surface area (Å²) in [5, 5.41) is 9.33. The van der Waals surface area contributed by atoms with Crippen LogP contribution in [0.2, 0.25) is 0 Å². The molecule has 0 spiro atoms. The van der Waals surface area contributed by atoms with Crippen LogP contribution in [0.5, 0.6) is 0 Å². The van der Waals surface area contributed by atoms with Crippen LogP contribution in [0, 0.1) is 5.92 Å². The van der Waals surface area contributed by atoms with Crippen molar-refractivity contribution in [3.8, 4) is 0 Å². The maximum Gasteiger partial charge on any atom is 0.0745 e. The molecule has 18 heavy (non-hydrogen) atoms. The third kappa shape index (κ3) is 9.90. The van der Waals surface area contributed by atoms with Crippen molar-refractivity contribution in [1.29, 1.82) is 0 Å². The molecule has 2 nitrogen and oxygen atoms in total. The summed E-state index contributed by atoms with van der Waals surface area (Å²) in [7, 11) is 0. The minimum atomic E-state index is -0.343. The van der Waals surface area contributed by atoms with Crippen molar-refractivity contribution in [3.63, 3.8) is 0 Å². The Kier molecular flexibility index (Phi) is 11.9. The van der Waals surface area contributed by atoms with E-state index in [2.05, 4.69) is 20.8 Å². The van der Waals surface area contributed by atoms with Gasteiger partial charge < -0.3 is 9.84 Å². The van der Waals surface area contributed by atoms with Crippen molar-refractivity contribution in [2.75, 3.05) is 6.61 Å². The third-order valence-corrected chi connectivity index (χ3v) is 3.59. The molecule has 0 amide bonds. The molecule has 0 radical (unpaired) electrons. The zero-order valence-corrected chi connectivity index (χ0v) is 13.0. The molecular weight excluding hydrogens is 224 g/mol. The Morgan fingerprint density at radius 1 is 1.00 bits per heavy atom. The van der Waals surface area contributed by atoms with E-state index in [0.717, 1.165) is 12.3 Å². The molecule has 110 valence electrons. The van der Waals surface area contributed by atoms with Gasteiger partial charge in [-0.25, -0.2) is 0 Å². The highest BCUT2D eigenvalue weighted by molar-refractivity contribution is 4.67. The molecule has 0 rings (SSSR count). The number of hydrogen-bond donors (Lipinski definition) is 1. The van der Waals surface area contributed by atoms with E-state index in [1.807, 2.05) is 0 Å². The second-order valence-electron chi connectivity index (χ2n) is 5.60. The van der Waals surface area contributed by atoms with Gasteiger partial charge in [-0.05, 0) is 25.7 Å². The van der Waals surface area contributed by atoms with Crippen molar-refractivity contribution in [2.45, 2.75) is 91.3 Å². The maximum absolute atomic E-state index is 9.33. The Morgan fingerprint density at radius 2 is 1.61 bits per heavy atom. The number of aliphatic hydroxyl groups is 1. The largest absolute Gasteiger partial charge is 0.391 e. The first kappa shape index (κ1) is 17.9. The molecule has 3 atom stereocenters. The fourth-order valence-corrected chi connectivity index (χ4v) is 2.33. The van der Waals surface area contributed by atoms with Crippen LogP contribution in [-0.2, 0) is 4.74 Å². The van der Waals surface area contributed by atoms with Crippen LogP contribution in [-0.4, -0.2) is 23.9 Å². The fraction of sp³-hybridized carbons (Fsp3) is 1.00. The summed E-state index contributed by atoms with van der Waals surface area (Å²) < 4.78 is 5.87. The lowest BCUT2D eigenvalue weighted by molar-refractivity contribution is -0.0183. The van der Waals surface area contributed by atoms with Gasteiger partial charge in [0, 0.05) is 0 Å². The lowest BCUT2D eigenvalue weighted by Crippen LogP contribution is -2.22. The SMILES string of the molecule is CCCCC(CC)CC(CCCC)OCC(C)O. The molecule has 1 N–H and O–H groups in total. The quantitative estimate of drug-likeness (QED) is 0.556. The van der Waals surface area contributed by atoms with Gasteiger partial charge in [-0.3, -0.25) is 0 Å². The Labute approximate surface area is 114 Å². The second-order valence-corrected chi connectivity index (χ2v) is 5.60. The molecule has 0 heterocycles. The van der Waals surface area contributed by atoms with Crippen LogP contribution < -0.4 is 0 Å². The molecule has 0 aromatic rings. The topological polar surface area (TPSA) is 29.5 Å². The van der Waals surface area contributed by atoms with Crippen molar-refractivity contribution >= 4 is 0 Å². The zero-order valence-electron chi connectivity index (χ0n) is 13.0. The fourth-order valence-electron chi connectivity index (χ4n) is 2.33. The van der Waals surface area contributed by atoms with Gasteiger partial charge >= 0.3 is 0 Å².